The van der Waals surface area contributed by atoms with Gasteiger partial charge in [-0.25, -0.2) is 9.59 Å². The third kappa shape index (κ3) is 6.29. The number of hydrogen-bond acceptors (Lipinski definition) is 4. The molecule has 1 aromatic rings. The number of ether oxygens (including phenoxy) is 2. The molecule has 6 nitrogen and oxygen atoms in total. The van der Waals surface area contributed by atoms with Crippen LogP contribution in [0.3, 0.4) is 0 Å². The summed E-state index contributed by atoms with van der Waals surface area (Å²) < 4.78 is 10.6. The molecule has 1 fully saturated rings. The summed E-state index contributed by atoms with van der Waals surface area (Å²) in [4.78, 5) is 25.7. The van der Waals surface area contributed by atoms with Gasteiger partial charge in [-0.05, 0) is 45.6 Å². The summed E-state index contributed by atoms with van der Waals surface area (Å²) in [5.41, 5.74) is 0.443. The van der Waals surface area contributed by atoms with Crippen LogP contribution in [-0.2, 0) is 16.1 Å². The highest BCUT2D eigenvalue weighted by atomic mass is 16.6. The summed E-state index contributed by atoms with van der Waals surface area (Å²) in [6.45, 7) is 8.91. The first-order valence-electron chi connectivity index (χ1n) is 8.70. The van der Waals surface area contributed by atoms with E-state index >= 15 is 0 Å². The average molecular weight is 348 g/mol. The Labute approximate surface area is 149 Å². The summed E-state index contributed by atoms with van der Waals surface area (Å²) in [5.74, 6) is 0.191. The Morgan fingerprint density at radius 1 is 1.28 bits per heavy atom. The van der Waals surface area contributed by atoms with Gasteiger partial charge in [0.15, 0.2) is 0 Å². The molecule has 1 heterocycles. The summed E-state index contributed by atoms with van der Waals surface area (Å²) in [7, 11) is 0. The van der Waals surface area contributed by atoms with E-state index < -0.39 is 11.7 Å². The highest BCUT2D eigenvalue weighted by Gasteiger charge is 2.32. The molecule has 0 saturated carbocycles. The second-order valence-corrected chi connectivity index (χ2v) is 7.47. The van der Waals surface area contributed by atoms with Gasteiger partial charge in [-0.1, -0.05) is 30.3 Å². The van der Waals surface area contributed by atoms with Crippen molar-refractivity contribution in [3.05, 3.63) is 35.9 Å². The van der Waals surface area contributed by atoms with E-state index in [9.17, 15) is 9.59 Å². The van der Waals surface area contributed by atoms with Crippen LogP contribution in [-0.4, -0.2) is 41.8 Å². The van der Waals surface area contributed by atoms with Crippen LogP contribution >= 0.6 is 0 Å². The molecular weight excluding hydrogens is 320 g/mol. The van der Waals surface area contributed by atoms with Crippen LogP contribution in [0.4, 0.5) is 9.59 Å². The van der Waals surface area contributed by atoms with E-state index in [0.717, 1.165) is 12.0 Å². The molecule has 1 aliphatic heterocycles. The van der Waals surface area contributed by atoms with Crippen LogP contribution in [0, 0.1) is 5.92 Å². The summed E-state index contributed by atoms with van der Waals surface area (Å²) in [5, 5.41) is 2.86. The minimum absolute atomic E-state index is 0.0678. The standard InChI is InChI=1S/C19H28N2O4/c1-14(20-17(22)25-19(2,3)4)16-10-11-21(12-16)18(23)24-13-15-8-6-5-7-9-15/h5-9,14,16H,10-13H2,1-4H3,(H,20,22)/t14-,16+/m0/s1. The van der Waals surface area contributed by atoms with Crippen molar-refractivity contribution in [3.63, 3.8) is 0 Å². The summed E-state index contributed by atoms with van der Waals surface area (Å²) in [6, 6.07) is 9.54. The Morgan fingerprint density at radius 3 is 2.60 bits per heavy atom. The maximum Gasteiger partial charge on any atom is 0.410 e. The smallest absolute Gasteiger partial charge is 0.410 e. The van der Waals surface area contributed by atoms with Crippen LogP contribution in [0.5, 0.6) is 0 Å². The molecule has 25 heavy (non-hydrogen) atoms. The molecule has 2 atom stereocenters. The van der Waals surface area contributed by atoms with Gasteiger partial charge in [-0.2, -0.15) is 0 Å². The lowest BCUT2D eigenvalue weighted by Gasteiger charge is -2.24. The predicted molar refractivity (Wildman–Crippen MR) is 95.1 cm³/mol. The third-order valence-electron chi connectivity index (χ3n) is 4.14. The highest BCUT2D eigenvalue weighted by molar-refractivity contribution is 5.69. The van der Waals surface area contributed by atoms with Crippen molar-refractivity contribution in [2.75, 3.05) is 13.1 Å². The van der Waals surface area contributed by atoms with E-state index in [1.807, 2.05) is 58.0 Å². The molecule has 0 spiro atoms. The molecule has 0 aliphatic carbocycles. The number of alkyl carbamates (subject to hydrolysis) is 1. The van der Waals surface area contributed by atoms with Crippen LogP contribution in [0.2, 0.25) is 0 Å². The third-order valence-corrected chi connectivity index (χ3v) is 4.14. The lowest BCUT2D eigenvalue weighted by atomic mass is 10.0. The molecule has 1 aromatic carbocycles. The SMILES string of the molecule is C[C@H](NC(=O)OC(C)(C)C)[C@@H]1CCN(C(=O)OCc2ccccc2)C1. The quantitative estimate of drug-likeness (QED) is 0.903. The van der Waals surface area contributed by atoms with Gasteiger partial charge in [0, 0.05) is 19.1 Å². The molecule has 1 saturated heterocycles. The first kappa shape index (κ1) is 19.1. The molecule has 0 bridgehead atoms. The zero-order chi connectivity index (χ0) is 18.4. The van der Waals surface area contributed by atoms with Crippen LogP contribution in [0.1, 0.15) is 39.7 Å². The van der Waals surface area contributed by atoms with Gasteiger partial charge in [0.2, 0.25) is 0 Å². The van der Waals surface area contributed by atoms with Gasteiger partial charge < -0.3 is 19.7 Å². The zero-order valence-corrected chi connectivity index (χ0v) is 15.5. The number of amides is 2. The molecule has 2 amide bonds. The van der Waals surface area contributed by atoms with Crippen molar-refractivity contribution in [1.82, 2.24) is 10.2 Å². The van der Waals surface area contributed by atoms with Gasteiger partial charge in [-0.15, -0.1) is 0 Å². The van der Waals surface area contributed by atoms with Crippen molar-refractivity contribution >= 4 is 12.2 Å². The van der Waals surface area contributed by atoms with Crippen molar-refractivity contribution in [2.45, 2.75) is 52.4 Å². The van der Waals surface area contributed by atoms with E-state index in [2.05, 4.69) is 5.32 Å². The van der Waals surface area contributed by atoms with E-state index in [1.54, 1.807) is 4.90 Å². The lowest BCUT2D eigenvalue weighted by molar-refractivity contribution is 0.0492. The molecule has 0 unspecified atom stereocenters. The molecule has 1 aliphatic rings. The van der Waals surface area contributed by atoms with E-state index in [0.29, 0.717) is 13.1 Å². The van der Waals surface area contributed by atoms with Gasteiger partial charge in [0.1, 0.15) is 12.2 Å². The normalized spacial score (nSPS) is 18.6. The number of carbonyl (C=O) groups excluding carboxylic acids is 2. The molecule has 0 radical (unpaired) electrons. The van der Waals surface area contributed by atoms with Gasteiger partial charge in [-0.3, -0.25) is 0 Å². The number of nitrogens with one attached hydrogen (secondary N) is 1. The second kappa shape index (κ2) is 8.23. The Kier molecular flexibility index (Phi) is 6.28. The summed E-state index contributed by atoms with van der Waals surface area (Å²) >= 11 is 0. The molecule has 0 aromatic heterocycles. The van der Waals surface area contributed by atoms with Crippen molar-refractivity contribution in [2.24, 2.45) is 5.92 Å². The number of rotatable bonds is 4. The first-order chi connectivity index (χ1) is 11.7. The molecule has 138 valence electrons. The predicted octanol–water partition coefficient (Wildman–Crippen LogP) is 3.56. The number of nitrogens with zero attached hydrogens (tertiary/aromatic N) is 1. The Hall–Kier alpha value is -2.24. The molecular formula is C19H28N2O4. The fourth-order valence-electron chi connectivity index (χ4n) is 2.78. The molecule has 2 rings (SSSR count). The van der Waals surface area contributed by atoms with Crippen LogP contribution in [0.15, 0.2) is 30.3 Å². The number of carbonyl (C=O) groups is 2. The van der Waals surface area contributed by atoms with Crippen LogP contribution < -0.4 is 5.32 Å². The van der Waals surface area contributed by atoms with E-state index in [4.69, 9.17) is 9.47 Å². The van der Waals surface area contributed by atoms with Crippen molar-refractivity contribution < 1.29 is 19.1 Å². The maximum atomic E-state index is 12.2. The fourth-order valence-corrected chi connectivity index (χ4v) is 2.78. The monoisotopic (exact) mass is 348 g/mol. The van der Waals surface area contributed by atoms with Crippen molar-refractivity contribution in [3.8, 4) is 0 Å². The Bertz CT molecular complexity index is 583. The zero-order valence-electron chi connectivity index (χ0n) is 15.5. The second-order valence-electron chi connectivity index (χ2n) is 7.47. The largest absolute Gasteiger partial charge is 0.445 e. The minimum atomic E-state index is -0.521. The average Bonchev–Trinajstić information content (AvgIpc) is 3.02. The maximum absolute atomic E-state index is 12.2. The molecule has 1 N–H and O–H groups in total. The van der Waals surface area contributed by atoms with Gasteiger partial charge >= 0.3 is 12.2 Å². The number of benzene rings is 1. The van der Waals surface area contributed by atoms with Gasteiger partial charge in [0.25, 0.3) is 0 Å². The van der Waals surface area contributed by atoms with E-state index in [1.165, 1.54) is 0 Å². The van der Waals surface area contributed by atoms with Gasteiger partial charge in [0.05, 0.1) is 0 Å². The van der Waals surface area contributed by atoms with Crippen LogP contribution in [0.25, 0.3) is 0 Å². The van der Waals surface area contributed by atoms with Crippen molar-refractivity contribution in [1.29, 1.82) is 0 Å². The summed E-state index contributed by atoms with van der Waals surface area (Å²) in [6.07, 6.45) is 0.0955. The first-order valence-corrected chi connectivity index (χ1v) is 8.70. The topological polar surface area (TPSA) is 67.9 Å². The number of likely N-dealkylation sites (tertiary alicyclic amines) is 1. The number of hydrogen-bond donors (Lipinski definition) is 1. The Balaban J connectivity index is 1.76. The molecule has 6 heteroatoms. The Morgan fingerprint density at radius 2 is 1.96 bits per heavy atom. The van der Waals surface area contributed by atoms with E-state index in [-0.39, 0.29) is 24.7 Å². The lowest BCUT2D eigenvalue weighted by Crippen LogP contribution is -2.42. The minimum Gasteiger partial charge on any atom is -0.445 e. The highest BCUT2D eigenvalue weighted by Crippen LogP contribution is 2.21. The fraction of sp³-hybridized carbons (Fsp3) is 0.579.